The minimum Gasteiger partial charge on any atom is -0.152 e. The maximum absolute atomic E-state index is 2.29. The summed E-state index contributed by atoms with van der Waals surface area (Å²) in [5.74, 6) is 0. The van der Waals surface area contributed by atoms with Gasteiger partial charge in [0, 0.05) is 9.75 Å². The summed E-state index contributed by atoms with van der Waals surface area (Å²) in [6.45, 7) is 54.8. The molecule has 0 fully saturated rings. The van der Waals surface area contributed by atoms with Gasteiger partial charge >= 0.3 is 0 Å². The van der Waals surface area contributed by atoms with E-state index in [1.54, 1.807) is 0 Å². The van der Waals surface area contributed by atoms with Crippen molar-refractivity contribution in [3.63, 3.8) is 0 Å². The first-order valence-electron chi connectivity index (χ1n) is 19.7. The van der Waals surface area contributed by atoms with Crippen molar-refractivity contribution in [2.24, 2.45) is 0 Å². The molecule has 0 atom stereocenters. The second-order valence-electron chi connectivity index (χ2n) is 23.1. The molecule has 3 heterocycles. The molecule has 4 aromatic rings. The van der Waals surface area contributed by atoms with Crippen molar-refractivity contribution in [1.82, 2.24) is 0 Å². The van der Waals surface area contributed by atoms with Crippen LogP contribution in [0.5, 0.6) is 0 Å². The lowest BCUT2D eigenvalue weighted by atomic mass is 9.75. The van der Waals surface area contributed by atoms with E-state index in [1.807, 2.05) is 34.0 Å². The second-order valence-corrected chi connectivity index (χ2v) is 25.6. The molecule has 3 aromatic heterocycles. The Labute approximate surface area is 350 Å². The minimum atomic E-state index is 0. The third kappa shape index (κ3) is 16.1. The predicted octanol–water partition coefficient (Wildman–Crippen LogP) is 17.9. The zero-order chi connectivity index (χ0) is 41.8. The van der Waals surface area contributed by atoms with Gasteiger partial charge in [0.2, 0.25) is 0 Å². The summed E-state index contributed by atoms with van der Waals surface area (Å²) in [7, 11) is 0. The molecular formula is C51H86S3. The highest BCUT2D eigenvalue weighted by Crippen LogP contribution is 2.39. The average molecular weight is 795 g/mol. The molecule has 0 aliphatic carbocycles. The fourth-order valence-electron chi connectivity index (χ4n) is 6.21. The van der Waals surface area contributed by atoms with E-state index in [1.165, 1.54) is 43.1 Å². The first kappa shape index (κ1) is 52.3. The van der Waals surface area contributed by atoms with Gasteiger partial charge in [0.25, 0.3) is 0 Å². The Morgan fingerprint density at radius 1 is 0.296 bits per heavy atom. The van der Waals surface area contributed by atoms with Crippen molar-refractivity contribution >= 4 is 34.0 Å². The smallest absolute Gasteiger partial charge is 0.0136 e. The molecule has 0 radical (unpaired) electrons. The molecule has 308 valence electrons. The van der Waals surface area contributed by atoms with Gasteiger partial charge in [-0.2, -0.15) is 11.3 Å². The van der Waals surface area contributed by atoms with E-state index >= 15 is 0 Å². The summed E-state index contributed by atoms with van der Waals surface area (Å²) < 4.78 is 0. The van der Waals surface area contributed by atoms with Gasteiger partial charge in [0.05, 0.1) is 0 Å². The summed E-state index contributed by atoms with van der Waals surface area (Å²) in [4.78, 5) is 3.06. The topological polar surface area (TPSA) is 0 Å². The van der Waals surface area contributed by atoms with E-state index in [2.05, 4.69) is 224 Å². The third-order valence-corrected chi connectivity index (χ3v) is 12.6. The van der Waals surface area contributed by atoms with Crippen LogP contribution in [0.1, 0.15) is 217 Å². The van der Waals surface area contributed by atoms with Crippen LogP contribution in [0, 0.1) is 0 Å². The average Bonchev–Trinajstić information content (AvgIpc) is 3.72. The van der Waals surface area contributed by atoms with E-state index in [0.29, 0.717) is 0 Å². The quantitative estimate of drug-likeness (QED) is 0.166. The summed E-state index contributed by atoms with van der Waals surface area (Å²) in [5, 5.41) is 9.00. The van der Waals surface area contributed by atoms with Gasteiger partial charge in [-0.25, -0.2) is 0 Å². The standard InChI is InChI=1S/C14H22.3C12H20S.CH4/c1-13(2,3)11-9-7-8-10-12(11)14(4,5)6;1-11(2,3)9-7-13-8-10(9)12(4,5)6;2*1-11(2,3)9-7-8-13-10(9)12(4,5)6;/h7-10H,1-6H3;3*7-8H,1-6H3;1H4. The number of thiophene rings is 3. The fraction of sp³-hybridized carbons (Fsp3) is 0.647. The summed E-state index contributed by atoms with van der Waals surface area (Å²) in [5.41, 5.74) is 11.1. The Hall–Kier alpha value is -1.68. The number of hydrogen-bond acceptors (Lipinski definition) is 3. The van der Waals surface area contributed by atoms with E-state index in [-0.39, 0.29) is 50.7 Å². The van der Waals surface area contributed by atoms with Crippen LogP contribution < -0.4 is 0 Å². The molecule has 0 saturated carbocycles. The molecule has 1 aromatic carbocycles. The van der Waals surface area contributed by atoms with E-state index in [9.17, 15) is 0 Å². The SMILES string of the molecule is C.CC(C)(C)c1ccccc1C(C)(C)C.CC(C)(C)c1ccsc1C(C)(C)C.CC(C)(C)c1ccsc1C(C)(C)C.CC(C)(C)c1cscc1C(C)(C)C. The van der Waals surface area contributed by atoms with Crippen molar-refractivity contribution in [2.75, 3.05) is 0 Å². The minimum absolute atomic E-state index is 0. The van der Waals surface area contributed by atoms with Gasteiger partial charge in [-0.05, 0) is 110 Å². The van der Waals surface area contributed by atoms with Crippen molar-refractivity contribution in [2.45, 2.75) is 217 Å². The Morgan fingerprint density at radius 2 is 0.537 bits per heavy atom. The second kappa shape index (κ2) is 18.7. The highest BCUT2D eigenvalue weighted by atomic mass is 32.1. The van der Waals surface area contributed by atoms with Crippen LogP contribution in [0.4, 0.5) is 0 Å². The zero-order valence-corrected chi connectivity index (χ0v) is 41.4. The van der Waals surface area contributed by atoms with Crippen molar-refractivity contribution in [3.8, 4) is 0 Å². The molecule has 0 aliphatic heterocycles. The van der Waals surface area contributed by atoms with E-state index in [0.717, 1.165) is 0 Å². The monoisotopic (exact) mass is 795 g/mol. The van der Waals surface area contributed by atoms with Crippen LogP contribution in [0.15, 0.2) is 57.9 Å². The van der Waals surface area contributed by atoms with Gasteiger partial charge < -0.3 is 0 Å². The summed E-state index contributed by atoms with van der Waals surface area (Å²) in [6.07, 6.45) is 0. The van der Waals surface area contributed by atoms with Crippen molar-refractivity contribution in [3.05, 3.63) is 101 Å². The fourth-order valence-corrected chi connectivity index (χ4v) is 9.90. The van der Waals surface area contributed by atoms with Crippen molar-refractivity contribution in [1.29, 1.82) is 0 Å². The molecule has 0 saturated heterocycles. The summed E-state index contributed by atoms with van der Waals surface area (Å²) >= 11 is 5.59. The van der Waals surface area contributed by atoms with Gasteiger partial charge in [0.1, 0.15) is 0 Å². The van der Waals surface area contributed by atoms with Crippen LogP contribution in [-0.4, -0.2) is 0 Å². The molecule has 0 aliphatic rings. The molecular weight excluding hydrogens is 709 g/mol. The first-order chi connectivity index (χ1) is 23.4. The van der Waals surface area contributed by atoms with Crippen LogP contribution in [0.2, 0.25) is 0 Å². The lowest BCUT2D eigenvalue weighted by Crippen LogP contribution is -2.21. The molecule has 0 nitrogen and oxygen atoms in total. The molecule has 0 spiro atoms. The first-order valence-corrected chi connectivity index (χ1v) is 22.5. The van der Waals surface area contributed by atoms with Crippen LogP contribution in [0.3, 0.4) is 0 Å². The maximum Gasteiger partial charge on any atom is 0.0136 e. The Kier molecular flexibility index (Phi) is 18.1. The molecule has 0 bridgehead atoms. The van der Waals surface area contributed by atoms with E-state index in [4.69, 9.17) is 0 Å². The van der Waals surface area contributed by atoms with Gasteiger partial charge in [-0.3, -0.25) is 0 Å². The molecule has 4 rings (SSSR count). The highest BCUT2D eigenvalue weighted by molar-refractivity contribution is 7.10. The normalized spacial score (nSPS) is 13.0. The molecule has 0 N–H and O–H groups in total. The van der Waals surface area contributed by atoms with Gasteiger partial charge in [-0.1, -0.05) is 198 Å². The number of benzene rings is 1. The number of hydrogen-bond donors (Lipinski definition) is 0. The van der Waals surface area contributed by atoms with E-state index < -0.39 is 0 Å². The third-order valence-electron chi connectivity index (χ3n) is 9.13. The lowest BCUT2D eigenvalue weighted by Gasteiger charge is -2.29. The van der Waals surface area contributed by atoms with Crippen LogP contribution in [0.25, 0.3) is 0 Å². The van der Waals surface area contributed by atoms with Gasteiger partial charge in [0.15, 0.2) is 0 Å². The van der Waals surface area contributed by atoms with Crippen LogP contribution >= 0.6 is 34.0 Å². The van der Waals surface area contributed by atoms with Crippen LogP contribution in [-0.2, 0) is 43.3 Å². The Bertz CT molecular complexity index is 1390. The Morgan fingerprint density at radius 3 is 0.722 bits per heavy atom. The zero-order valence-electron chi connectivity index (χ0n) is 39.0. The Balaban J connectivity index is 0.000000690. The molecule has 3 heteroatoms. The highest BCUT2D eigenvalue weighted by Gasteiger charge is 2.28. The molecule has 54 heavy (non-hydrogen) atoms. The number of rotatable bonds is 0. The van der Waals surface area contributed by atoms with Gasteiger partial charge in [-0.15, -0.1) is 22.7 Å². The molecule has 0 amide bonds. The van der Waals surface area contributed by atoms with Crippen molar-refractivity contribution < 1.29 is 0 Å². The molecule has 0 unspecified atom stereocenters. The largest absolute Gasteiger partial charge is 0.152 e. The lowest BCUT2D eigenvalue weighted by molar-refractivity contribution is 0.530. The maximum atomic E-state index is 2.29. The predicted molar refractivity (Wildman–Crippen MR) is 256 cm³/mol. The summed E-state index contributed by atoms with van der Waals surface area (Å²) in [6, 6.07) is 13.3.